The van der Waals surface area contributed by atoms with Crippen molar-refractivity contribution in [3.63, 3.8) is 0 Å². The average Bonchev–Trinajstić information content (AvgIpc) is 3.60. The molecule has 2 heterocycles. The molecule has 0 saturated carbocycles. The predicted molar refractivity (Wildman–Crippen MR) is 150 cm³/mol. The SMILES string of the molecule is COc1cc([C@@H](N)C(C)Oc2c(OC)cc([C@@H]3OCC4C3CO[C@H]4c3ccc(O)c(OC)c3)cc2OC)ccc1O. The maximum Gasteiger partial charge on any atom is 0.203 e. The first kappa shape index (κ1) is 28.7. The minimum Gasteiger partial charge on any atom is -0.504 e. The Morgan fingerprint density at radius 1 is 0.707 bits per heavy atom. The summed E-state index contributed by atoms with van der Waals surface area (Å²) in [5.74, 6) is 2.52. The molecule has 41 heavy (non-hydrogen) atoms. The van der Waals surface area contributed by atoms with Crippen LogP contribution < -0.4 is 29.4 Å². The molecule has 0 spiro atoms. The Kier molecular flexibility index (Phi) is 8.35. The molecular formula is C31H37NO9. The molecule has 220 valence electrons. The van der Waals surface area contributed by atoms with E-state index in [0.29, 0.717) is 42.0 Å². The Labute approximate surface area is 239 Å². The van der Waals surface area contributed by atoms with E-state index >= 15 is 0 Å². The molecule has 2 fully saturated rings. The fraction of sp³-hybridized carbons (Fsp3) is 0.419. The lowest BCUT2D eigenvalue weighted by Crippen LogP contribution is -2.29. The van der Waals surface area contributed by atoms with Gasteiger partial charge in [0.25, 0.3) is 0 Å². The van der Waals surface area contributed by atoms with E-state index in [9.17, 15) is 10.2 Å². The Hall–Kier alpha value is -3.86. The number of phenols is 2. The third-order valence-corrected chi connectivity index (χ3v) is 8.01. The highest BCUT2D eigenvalue weighted by Crippen LogP contribution is 2.53. The zero-order valence-electron chi connectivity index (χ0n) is 23.8. The van der Waals surface area contributed by atoms with E-state index in [1.807, 2.05) is 31.2 Å². The van der Waals surface area contributed by atoms with Crippen LogP contribution >= 0.6 is 0 Å². The maximum absolute atomic E-state index is 10.0. The second-order valence-electron chi connectivity index (χ2n) is 10.3. The summed E-state index contributed by atoms with van der Waals surface area (Å²) in [7, 11) is 6.16. The van der Waals surface area contributed by atoms with Gasteiger partial charge in [0, 0.05) is 11.8 Å². The number of aromatic hydroxyl groups is 2. The Balaban J connectivity index is 1.37. The quantitative estimate of drug-likeness (QED) is 0.318. The molecule has 2 aliphatic heterocycles. The largest absolute Gasteiger partial charge is 0.504 e. The normalized spacial score (nSPS) is 23.0. The summed E-state index contributed by atoms with van der Waals surface area (Å²) in [5.41, 5.74) is 9.10. The highest BCUT2D eigenvalue weighted by molar-refractivity contribution is 5.55. The standard InChI is InChI=1S/C31H37NO9/c1-16(28(32)17-6-8-22(33)24(10-17)35-2)41-31-26(37-4)12-19(13-27(31)38-5)30-21-15-39-29(20(21)14-40-30)18-7-9-23(34)25(11-18)36-3/h6-13,16,20-21,28-30,33-34H,14-15,32H2,1-5H3/t16?,20?,21?,28-,29-,30-/m0/s1. The van der Waals surface area contributed by atoms with Gasteiger partial charge < -0.3 is 49.1 Å². The van der Waals surface area contributed by atoms with Crippen LogP contribution in [0.1, 0.15) is 41.9 Å². The van der Waals surface area contributed by atoms with Crippen LogP contribution in [0, 0.1) is 11.8 Å². The number of rotatable bonds is 10. The van der Waals surface area contributed by atoms with Gasteiger partial charge in [0.1, 0.15) is 6.10 Å². The number of ether oxygens (including phenoxy) is 7. The molecular weight excluding hydrogens is 530 g/mol. The van der Waals surface area contributed by atoms with Gasteiger partial charge in [-0.25, -0.2) is 0 Å². The first-order valence-corrected chi connectivity index (χ1v) is 13.4. The molecule has 10 nitrogen and oxygen atoms in total. The second-order valence-corrected chi connectivity index (χ2v) is 10.3. The lowest BCUT2D eigenvalue weighted by molar-refractivity contribution is 0.0190. The predicted octanol–water partition coefficient (Wildman–Crippen LogP) is 4.67. The van der Waals surface area contributed by atoms with Gasteiger partial charge in [0.15, 0.2) is 34.5 Å². The fourth-order valence-corrected chi connectivity index (χ4v) is 5.72. The molecule has 0 amide bonds. The maximum atomic E-state index is 10.0. The van der Waals surface area contributed by atoms with Crippen LogP contribution in [0.5, 0.6) is 40.2 Å². The van der Waals surface area contributed by atoms with Gasteiger partial charge >= 0.3 is 0 Å². The van der Waals surface area contributed by atoms with Gasteiger partial charge in [0.05, 0.1) is 59.9 Å². The summed E-state index contributed by atoms with van der Waals surface area (Å²) in [5, 5.41) is 19.9. The Morgan fingerprint density at radius 3 is 1.76 bits per heavy atom. The van der Waals surface area contributed by atoms with Crippen molar-refractivity contribution in [3.8, 4) is 40.2 Å². The molecule has 6 atom stereocenters. The fourth-order valence-electron chi connectivity index (χ4n) is 5.72. The van der Waals surface area contributed by atoms with Crippen molar-refractivity contribution in [1.29, 1.82) is 0 Å². The smallest absolute Gasteiger partial charge is 0.203 e. The molecule has 3 unspecified atom stereocenters. The number of fused-ring (bicyclic) bond motifs is 1. The van der Waals surface area contributed by atoms with E-state index in [0.717, 1.165) is 16.7 Å². The molecule has 3 aromatic carbocycles. The molecule has 5 rings (SSSR count). The van der Waals surface area contributed by atoms with E-state index in [2.05, 4.69) is 0 Å². The summed E-state index contributed by atoms with van der Waals surface area (Å²) >= 11 is 0. The van der Waals surface area contributed by atoms with Gasteiger partial charge in [-0.05, 0) is 60.0 Å². The monoisotopic (exact) mass is 567 g/mol. The number of benzene rings is 3. The third kappa shape index (κ3) is 5.42. The van der Waals surface area contributed by atoms with Crippen LogP contribution in [0.25, 0.3) is 0 Å². The first-order chi connectivity index (χ1) is 19.8. The molecule has 0 aromatic heterocycles. The average molecular weight is 568 g/mol. The van der Waals surface area contributed by atoms with E-state index in [4.69, 9.17) is 38.9 Å². The van der Waals surface area contributed by atoms with Crippen molar-refractivity contribution in [3.05, 3.63) is 65.2 Å². The van der Waals surface area contributed by atoms with Crippen molar-refractivity contribution in [1.82, 2.24) is 0 Å². The lowest BCUT2D eigenvalue weighted by atomic mass is 9.84. The summed E-state index contributed by atoms with van der Waals surface area (Å²) in [6.45, 7) is 2.90. The molecule has 4 N–H and O–H groups in total. The molecule has 3 aromatic rings. The van der Waals surface area contributed by atoms with Crippen LogP contribution in [0.15, 0.2) is 48.5 Å². The van der Waals surface area contributed by atoms with Crippen LogP contribution in [0.2, 0.25) is 0 Å². The van der Waals surface area contributed by atoms with E-state index in [1.54, 1.807) is 38.5 Å². The minimum atomic E-state index is -0.524. The van der Waals surface area contributed by atoms with Crippen molar-refractivity contribution < 1.29 is 43.4 Å². The van der Waals surface area contributed by atoms with E-state index in [-0.39, 0.29) is 35.5 Å². The lowest BCUT2D eigenvalue weighted by Gasteiger charge is -2.26. The van der Waals surface area contributed by atoms with Crippen LogP contribution in [-0.4, -0.2) is 58.0 Å². The zero-order valence-corrected chi connectivity index (χ0v) is 23.8. The van der Waals surface area contributed by atoms with E-state index in [1.165, 1.54) is 14.2 Å². The number of methoxy groups -OCH3 is 4. The van der Waals surface area contributed by atoms with E-state index < -0.39 is 12.1 Å². The molecule has 0 bridgehead atoms. The van der Waals surface area contributed by atoms with Gasteiger partial charge in [-0.2, -0.15) is 0 Å². The highest BCUT2D eigenvalue weighted by Gasteiger charge is 2.48. The second kappa shape index (κ2) is 11.9. The Morgan fingerprint density at radius 2 is 1.20 bits per heavy atom. The first-order valence-electron chi connectivity index (χ1n) is 13.4. The molecule has 0 aliphatic carbocycles. The van der Waals surface area contributed by atoms with Gasteiger partial charge in [-0.1, -0.05) is 12.1 Å². The van der Waals surface area contributed by atoms with Gasteiger partial charge in [-0.15, -0.1) is 0 Å². The van der Waals surface area contributed by atoms with Crippen molar-refractivity contribution in [2.45, 2.75) is 31.3 Å². The van der Waals surface area contributed by atoms with Crippen molar-refractivity contribution in [2.75, 3.05) is 41.7 Å². The highest BCUT2D eigenvalue weighted by atomic mass is 16.5. The van der Waals surface area contributed by atoms with Crippen LogP contribution in [0.4, 0.5) is 0 Å². The van der Waals surface area contributed by atoms with Crippen LogP contribution in [0.3, 0.4) is 0 Å². The Bertz CT molecular complexity index is 1350. The molecule has 10 heteroatoms. The molecule has 0 radical (unpaired) electrons. The minimum absolute atomic E-state index is 0.0362. The van der Waals surface area contributed by atoms with Gasteiger partial charge in [0.2, 0.25) is 5.75 Å². The van der Waals surface area contributed by atoms with Crippen LogP contribution in [-0.2, 0) is 9.47 Å². The number of nitrogens with two attached hydrogens (primary N) is 1. The third-order valence-electron chi connectivity index (χ3n) is 8.01. The number of hydrogen-bond donors (Lipinski definition) is 3. The summed E-state index contributed by atoms with van der Waals surface area (Å²) in [6.07, 6.45) is -0.881. The van der Waals surface area contributed by atoms with Crippen molar-refractivity contribution >= 4 is 0 Å². The van der Waals surface area contributed by atoms with Gasteiger partial charge in [-0.3, -0.25) is 0 Å². The van der Waals surface area contributed by atoms with Crippen molar-refractivity contribution in [2.24, 2.45) is 17.6 Å². The number of hydrogen-bond acceptors (Lipinski definition) is 10. The number of phenolic OH excluding ortho intramolecular Hbond substituents is 2. The zero-order chi connectivity index (χ0) is 29.3. The summed E-state index contributed by atoms with van der Waals surface area (Å²) in [4.78, 5) is 0. The molecule has 2 saturated heterocycles. The molecule has 2 aliphatic rings. The summed E-state index contributed by atoms with van der Waals surface area (Å²) in [6, 6.07) is 13.6. The summed E-state index contributed by atoms with van der Waals surface area (Å²) < 4.78 is 40.9. The topological polar surface area (TPSA) is 131 Å².